The molecule has 1 aliphatic heterocycles. The summed E-state index contributed by atoms with van der Waals surface area (Å²) in [7, 11) is 1.97. The van der Waals surface area contributed by atoms with Crippen molar-refractivity contribution in [3.05, 3.63) is 27.7 Å². The van der Waals surface area contributed by atoms with Crippen molar-refractivity contribution >= 4 is 35.0 Å². The molecule has 1 N–H and O–H groups in total. The predicted octanol–water partition coefficient (Wildman–Crippen LogP) is 4.14. The molecule has 1 heterocycles. The van der Waals surface area contributed by atoms with Crippen molar-refractivity contribution in [3.63, 3.8) is 0 Å². The Kier molecular flexibility index (Phi) is 3.51. The number of halogens is 2. The van der Waals surface area contributed by atoms with Gasteiger partial charge in [0.2, 0.25) is 0 Å². The van der Waals surface area contributed by atoms with Crippen LogP contribution in [0.5, 0.6) is 0 Å². The van der Waals surface area contributed by atoms with Gasteiger partial charge in [0.05, 0.1) is 5.02 Å². The highest BCUT2D eigenvalue weighted by molar-refractivity contribution is 8.00. The molecule has 0 radical (unpaired) electrons. The number of nitrogens with one attached hydrogen (secondary N) is 1. The van der Waals surface area contributed by atoms with Crippen molar-refractivity contribution in [2.24, 2.45) is 0 Å². The van der Waals surface area contributed by atoms with E-state index in [0.29, 0.717) is 11.3 Å². The molecule has 1 aromatic carbocycles. The zero-order valence-electron chi connectivity index (χ0n) is 8.68. The van der Waals surface area contributed by atoms with Gasteiger partial charge in [-0.2, -0.15) is 0 Å². The van der Waals surface area contributed by atoms with E-state index in [-0.39, 0.29) is 0 Å². The molecule has 2 unspecified atom stereocenters. The van der Waals surface area contributed by atoms with E-state index < -0.39 is 0 Å². The zero-order chi connectivity index (χ0) is 11.0. The average Bonchev–Trinajstić information content (AvgIpc) is 2.63. The van der Waals surface area contributed by atoms with Gasteiger partial charge in [-0.05, 0) is 25.6 Å². The van der Waals surface area contributed by atoms with Crippen LogP contribution in [0, 0.1) is 0 Å². The molecule has 15 heavy (non-hydrogen) atoms. The zero-order valence-corrected chi connectivity index (χ0v) is 11.0. The quantitative estimate of drug-likeness (QED) is 0.859. The van der Waals surface area contributed by atoms with E-state index in [1.165, 1.54) is 5.56 Å². The monoisotopic (exact) mass is 261 g/mol. The van der Waals surface area contributed by atoms with E-state index in [1.54, 1.807) is 0 Å². The summed E-state index contributed by atoms with van der Waals surface area (Å²) in [5.74, 6) is 0. The molecular weight excluding hydrogens is 249 g/mol. The van der Waals surface area contributed by atoms with Gasteiger partial charge in [0.25, 0.3) is 0 Å². The lowest BCUT2D eigenvalue weighted by atomic mass is 10.0. The summed E-state index contributed by atoms with van der Waals surface area (Å²) >= 11 is 14.2. The van der Waals surface area contributed by atoms with Gasteiger partial charge in [-0.3, -0.25) is 0 Å². The van der Waals surface area contributed by atoms with E-state index in [2.05, 4.69) is 12.2 Å². The molecule has 1 aromatic rings. The van der Waals surface area contributed by atoms with Gasteiger partial charge in [0, 0.05) is 26.8 Å². The van der Waals surface area contributed by atoms with Crippen LogP contribution in [0.15, 0.2) is 17.0 Å². The fourth-order valence-electron chi connectivity index (χ4n) is 2.01. The summed E-state index contributed by atoms with van der Waals surface area (Å²) < 4.78 is 0. The van der Waals surface area contributed by atoms with Gasteiger partial charge in [-0.15, -0.1) is 11.8 Å². The molecule has 0 aromatic heterocycles. The van der Waals surface area contributed by atoms with Crippen LogP contribution in [0.3, 0.4) is 0 Å². The Morgan fingerprint density at radius 3 is 2.60 bits per heavy atom. The fraction of sp³-hybridized carbons (Fsp3) is 0.455. The lowest BCUT2D eigenvalue weighted by Crippen LogP contribution is -2.23. The van der Waals surface area contributed by atoms with Crippen LogP contribution in [0.2, 0.25) is 10.0 Å². The van der Waals surface area contributed by atoms with Gasteiger partial charge < -0.3 is 5.32 Å². The third-order valence-corrected chi connectivity index (χ3v) is 5.10. The molecule has 0 bridgehead atoms. The molecule has 0 spiro atoms. The molecule has 0 saturated carbocycles. The van der Waals surface area contributed by atoms with Gasteiger partial charge in [0.1, 0.15) is 0 Å². The first-order chi connectivity index (χ1) is 7.19. The summed E-state index contributed by atoms with van der Waals surface area (Å²) in [4.78, 5) is 1.15. The minimum Gasteiger partial charge on any atom is -0.312 e. The summed E-state index contributed by atoms with van der Waals surface area (Å²) in [6, 6.07) is 4.08. The van der Waals surface area contributed by atoms with Crippen LogP contribution in [-0.4, -0.2) is 12.3 Å². The third-order valence-electron chi connectivity index (χ3n) is 2.76. The second-order valence-corrected chi connectivity index (χ2v) is 5.67. The molecule has 0 aliphatic carbocycles. The second kappa shape index (κ2) is 4.54. The van der Waals surface area contributed by atoms with Crippen LogP contribution in [0.1, 0.15) is 24.9 Å². The van der Waals surface area contributed by atoms with E-state index in [1.807, 2.05) is 30.9 Å². The highest BCUT2D eigenvalue weighted by atomic mass is 35.5. The van der Waals surface area contributed by atoms with Crippen molar-refractivity contribution in [2.75, 3.05) is 7.05 Å². The van der Waals surface area contributed by atoms with Gasteiger partial charge >= 0.3 is 0 Å². The van der Waals surface area contributed by atoms with E-state index in [0.717, 1.165) is 21.4 Å². The second-order valence-electron chi connectivity index (χ2n) is 3.60. The number of benzene rings is 1. The van der Waals surface area contributed by atoms with Crippen molar-refractivity contribution in [1.82, 2.24) is 5.32 Å². The number of hydrogen-bond acceptors (Lipinski definition) is 2. The summed E-state index contributed by atoms with van der Waals surface area (Å²) in [6.45, 7) is 2.19. The first-order valence-electron chi connectivity index (χ1n) is 5.00. The van der Waals surface area contributed by atoms with E-state index >= 15 is 0 Å². The average molecular weight is 262 g/mol. The number of thioether (sulfide) groups is 1. The Morgan fingerprint density at radius 1 is 1.33 bits per heavy atom. The highest BCUT2D eigenvalue weighted by Crippen LogP contribution is 2.50. The minimum absolute atomic E-state index is 0.321. The lowest BCUT2D eigenvalue weighted by molar-refractivity contribution is 0.563. The van der Waals surface area contributed by atoms with Crippen molar-refractivity contribution < 1.29 is 0 Å². The molecule has 4 heteroatoms. The number of hydrogen-bond donors (Lipinski definition) is 1. The van der Waals surface area contributed by atoms with Crippen molar-refractivity contribution in [3.8, 4) is 0 Å². The number of rotatable bonds is 2. The predicted molar refractivity (Wildman–Crippen MR) is 68.2 cm³/mol. The highest BCUT2D eigenvalue weighted by Gasteiger charge is 2.34. The summed E-state index contributed by atoms with van der Waals surface area (Å²) in [5, 5.41) is 5.49. The SMILES string of the molecule is CCC1Sc2c(Cl)ccc(Cl)c2C1NC. The fourth-order valence-corrected chi connectivity index (χ4v) is 4.06. The molecule has 1 aliphatic rings. The largest absolute Gasteiger partial charge is 0.312 e. The van der Waals surface area contributed by atoms with Crippen LogP contribution in [-0.2, 0) is 0 Å². The van der Waals surface area contributed by atoms with Gasteiger partial charge in [-0.1, -0.05) is 30.1 Å². The van der Waals surface area contributed by atoms with Crippen LogP contribution in [0.4, 0.5) is 0 Å². The molecular formula is C11H13Cl2NS. The van der Waals surface area contributed by atoms with Crippen LogP contribution in [0.25, 0.3) is 0 Å². The van der Waals surface area contributed by atoms with Crippen molar-refractivity contribution in [1.29, 1.82) is 0 Å². The molecule has 2 rings (SSSR count). The minimum atomic E-state index is 0.321. The topological polar surface area (TPSA) is 12.0 Å². The van der Waals surface area contributed by atoms with Gasteiger partial charge in [-0.25, -0.2) is 0 Å². The maximum absolute atomic E-state index is 6.23. The maximum atomic E-state index is 6.23. The standard InChI is InChI=1S/C11H13Cl2NS/c1-3-8-10(14-2)9-6(12)4-5-7(13)11(9)15-8/h4-5,8,10,14H,3H2,1-2H3. The molecule has 0 saturated heterocycles. The first kappa shape index (κ1) is 11.6. The molecule has 0 fully saturated rings. The third kappa shape index (κ3) is 1.89. The molecule has 82 valence electrons. The summed E-state index contributed by atoms with van der Waals surface area (Å²) in [5.41, 5.74) is 1.17. The Balaban J connectivity index is 2.51. The normalized spacial score (nSPS) is 24.3. The Hall–Kier alpha value is 0.110. The summed E-state index contributed by atoms with van der Waals surface area (Å²) in [6.07, 6.45) is 1.11. The number of fused-ring (bicyclic) bond motifs is 1. The molecule has 2 atom stereocenters. The molecule has 1 nitrogen and oxygen atoms in total. The van der Waals surface area contributed by atoms with Crippen LogP contribution >= 0.6 is 35.0 Å². The van der Waals surface area contributed by atoms with E-state index in [9.17, 15) is 0 Å². The van der Waals surface area contributed by atoms with Crippen molar-refractivity contribution in [2.45, 2.75) is 29.5 Å². The maximum Gasteiger partial charge on any atom is 0.0546 e. The Morgan fingerprint density at radius 2 is 2.00 bits per heavy atom. The Bertz CT molecular complexity index is 381. The Labute approximate surface area is 105 Å². The first-order valence-corrected chi connectivity index (χ1v) is 6.64. The smallest absolute Gasteiger partial charge is 0.0546 e. The van der Waals surface area contributed by atoms with Crippen LogP contribution < -0.4 is 5.32 Å². The van der Waals surface area contributed by atoms with E-state index in [4.69, 9.17) is 23.2 Å². The molecule has 0 amide bonds. The van der Waals surface area contributed by atoms with Gasteiger partial charge in [0.15, 0.2) is 0 Å². The lowest BCUT2D eigenvalue weighted by Gasteiger charge is -2.17.